The van der Waals surface area contributed by atoms with Gasteiger partial charge in [0.2, 0.25) is 0 Å². The summed E-state index contributed by atoms with van der Waals surface area (Å²) in [6.45, 7) is 0.345. The lowest BCUT2D eigenvalue weighted by Crippen LogP contribution is -2.38. The minimum absolute atomic E-state index is 0.108. The fourth-order valence-electron chi connectivity index (χ4n) is 2.04. The lowest BCUT2D eigenvalue weighted by Gasteiger charge is -2.23. The lowest BCUT2D eigenvalue weighted by atomic mass is 10.1. The van der Waals surface area contributed by atoms with E-state index in [4.69, 9.17) is 5.11 Å². The fraction of sp³-hybridized carbons (Fsp3) is 0.500. The van der Waals surface area contributed by atoms with E-state index in [1.54, 1.807) is 0 Å². The summed E-state index contributed by atoms with van der Waals surface area (Å²) < 4.78 is 38.6. The highest BCUT2D eigenvalue weighted by Gasteiger charge is 2.34. The van der Waals surface area contributed by atoms with E-state index >= 15 is 0 Å². The van der Waals surface area contributed by atoms with Crippen LogP contribution in [-0.2, 0) is 6.18 Å². The Morgan fingerprint density at radius 3 is 2.57 bits per heavy atom. The number of para-hydroxylation sites is 1. The number of carbonyl (C=O) groups excluding carboxylic acids is 1. The first kappa shape index (κ1) is 15.6. The Balaban J connectivity index is 2.10. The fourth-order valence-corrected chi connectivity index (χ4v) is 2.04. The second-order valence-electron chi connectivity index (χ2n) is 5.09. The second kappa shape index (κ2) is 6.34. The van der Waals surface area contributed by atoms with Crippen molar-refractivity contribution in [3.05, 3.63) is 29.8 Å². The van der Waals surface area contributed by atoms with Gasteiger partial charge in [-0.3, -0.25) is 0 Å². The number of urea groups is 1. The molecule has 1 aliphatic rings. The Labute approximate surface area is 120 Å². The zero-order valence-corrected chi connectivity index (χ0v) is 11.4. The summed E-state index contributed by atoms with van der Waals surface area (Å²) in [7, 11) is 0. The number of carbonyl (C=O) groups is 1. The van der Waals surface area contributed by atoms with E-state index in [1.165, 1.54) is 23.1 Å². The summed E-state index contributed by atoms with van der Waals surface area (Å²) >= 11 is 0. The first-order valence-corrected chi connectivity index (χ1v) is 6.75. The molecule has 4 nitrogen and oxygen atoms in total. The Kier molecular flexibility index (Phi) is 4.72. The van der Waals surface area contributed by atoms with Crippen LogP contribution in [0.2, 0.25) is 0 Å². The van der Waals surface area contributed by atoms with Crippen LogP contribution in [0.25, 0.3) is 0 Å². The molecule has 0 aliphatic heterocycles. The Hall–Kier alpha value is -1.76. The number of hydrogen-bond acceptors (Lipinski definition) is 2. The molecule has 2 N–H and O–H groups in total. The molecule has 2 amide bonds. The Morgan fingerprint density at radius 2 is 2.00 bits per heavy atom. The molecule has 0 saturated heterocycles. The number of rotatable bonds is 5. The second-order valence-corrected chi connectivity index (χ2v) is 5.09. The first-order valence-electron chi connectivity index (χ1n) is 6.75. The van der Waals surface area contributed by atoms with Crippen molar-refractivity contribution in [3.63, 3.8) is 0 Å². The van der Waals surface area contributed by atoms with Crippen molar-refractivity contribution >= 4 is 11.7 Å². The van der Waals surface area contributed by atoms with E-state index in [0.717, 1.165) is 18.9 Å². The molecule has 1 saturated carbocycles. The van der Waals surface area contributed by atoms with E-state index in [-0.39, 0.29) is 18.8 Å². The molecule has 0 spiro atoms. The molecule has 0 atom stereocenters. The van der Waals surface area contributed by atoms with Crippen LogP contribution in [0.4, 0.5) is 23.7 Å². The number of hydrogen-bond donors (Lipinski definition) is 2. The third kappa shape index (κ3) is 4.35. The van der Waals surface area contributed by atoms with Crippen LogP contribution in [0.5, 0.6) is 0 Å². The maximum Gasteiger partial charge on any atom is 0.418 e. The van der Waals surface area contributed by atoms with Crippen LogP contribution in [0.1, 0.15) is 18.4 Å². The third-order valence-corrected chi connectivity index (χ3v) is 3.31. The molecule has 7 heteroatoms. The van der Waals surface area contributed by atoms with Gasteiger partial charge in [0.1, 0.15) is 0 Å². The number of benzene rings is 1. The molecule has 21 heavy (non-hydrogen) atoms. The molecule has 0 unspecified atom stereocenters. The number of alkyl halides is 3. The van der Waals surface area contributed by atoms with E-state index in [1.807, 2.05) is 0 Å². The van der Waals surface area contributed by atoms with Crippen molar-refractivity contribution in [3.8, 4) is 0 Å². The van der Waals surface area contributed by atoms with Gasteiger partial charge in [0, 0.05) is 13.1 Å². The normalized spacial score (nSPS) is 14.9. The van der Waals surface area contributed by atoms with Crippen LogP contribution < -0.4 is 5.32 Å². The maximum atomic E-state index is 12.9. The molecular weight excluding hydrogens is 285 g/mol. The number of nitrogens with one attached hydrogen (secondary N) is 1. The molecule has 0 heterocycles. The molecule has 1 aliphatic carbocycles. The lowest BCUT2D eigenvalue weighted by molar-refractivity contribution is -0.136. The monoisotopic (exact) mass is 302 g/mol. The van der Waals surface area contributed by atoms with E-state index in [0.29, 0.717) is 12.5 Å². The summed E-state index contributed by atoms with van der Waals surface area (Å²) in [5, 5.41) is 11.3. The number of nitrogens with zero attached hydrogens (tertiary/aromatic N) is 1. The molecule has 1 aromatic rings. The Bertz CT molecular complexity index is 501. The van der Waals surface area contributed by atoms with Gasteiger partial charge >= 0.3 is 12.2 Å². The van der Waals surface area contributed by atoms with Crippen molar-refractivity contribution in [2.75, 3.05) is 25.0 Å². The number of aliphatic hydroxyl groups excluding tert-OH is 1. The summed E-state index contributed by atoms with van der Waals surface area (Å²) in [5.74, 6) is 0.389. The highest BCUT2D eigenvalue weighted by molar-refractivity contribution is 5.90. The van der Waals surface area contributed by atoms with Gasteiger partial charge in [0.05, 0.1) is 17.9 Å². The summed E-state index contributed by atoms with van der Waals surface area (Å²) in [6, 6.07) is 4.23. The van der Waals surface area contributed by atoms with Crippen molar-refractivity contribution in [1.82, 2.24) is 4.90 Å². The largest absolute Gasteiger partial charge is 0.418 e. The maximum absolute atomic E-state index is 12.9. The van der Waals surface area contributed by atoms with Crippen molar-refractivity contribution in [1.29, 1.82) is 0 Å². The van der Waals surface area contributed by atoms with Gasteiger partial charge < -0.3 is 15.3 Å². The van der Waals surface area contributed by atoms with Gasteiger partial charge in [0.15, 0.2) is 0 Å². The molecule has 0 bridgehead atoms. The van der Waals surface area contributed by atoms with E-state index < -0.39 is 17.8 Å². The first-order chi connectivity index (χ1) is 9.91. The topological polar surface area (TPSA) is 52.6 Å². The van der Waals surface area contributed by atoms with Gasteiger partial charge in [-0.25, -0.2) is 4.79 Å². The molecule has 1 fully saturated rings. The van der Waals surface area contributed by atoms with Crippen LogP contribution in [0, 0.1) is 5.92 Å². The van der Waals surface area contributed by atoms with Gasteiger partial charge in [-0.05, 0) is 30.9 Å². The predicted octanol–water partition coefficient (Wildman–Crippen LogP) is 2.94. The van der Waals surface area contributed by atoms with Crippen LogP contribution in [0.15, 0.2) is 24.3 Å². The molecule has 1 aromatic carbocycles. The number of amides is 2. The van der Waals surface area contributed by atoms with Crippen molar-refractivity contribution in [2.45, 2.75) is 19.0 Å². The van der Waals surface area contributed by atoms with E-state index in [2.05, 4.69) is 5.32 Å². The van der Waals surface area contributed by atoms with Gasteiger partial charge in [-0.15, -0.1) is 0 Å². The van der Waals surface area contributed by atoms with Gasteiger partial charge in [-0.1, -0.05) is 12.1 Å². The highest BCUT2D eigenvalue weighted by atomic mass is 19.4. The predicted molar refractivity (Wildman–Crippen MR) is 71.8 cm³/mol. The minimum atomic E-state index is -4.53. The van der Waals surface area contributed by atoms with Crippen LogP contribution in [0.3, 0.4) is 0 Å². The molecule has 2 rings (SSSR count). The summed E-state index contributed by atoms with van der Waals surface area (Å²) in [6.07, 6.45) is -2.51. The molecule has 0 radical (unpaired) electrons. The third-order valence-electron chi connectivity index (χ3n) is 3.31. The zero-order chi connectivity index (χ0) is 15.5. The van der Waals surface area contributed by atoms with Crippen molar-refractivity contribution in [2.24, 2.45) is 5.92 Å². The van der Waals surface area contributed by atoms with Crippen LogP contribution >= 0.6 is 0 Å². The molecular formula is C14H17F3N2O2. The number of aliphatic hydroxyl groups is 1. The Morgan fingerprint density at radius 1 is 1.33 bits per heavy atom. The highest BCUT2D eigenvalue weighted by Crippen LogP contribution is 2.35. The quantitative estimate of drug-likeness (QED) is 0.878. The SMILES string of the molecule is O=C(Nc1ccccc1C(F)(F)F)N(CCO)CC1CC1. The smallest absolute Gasteiger partial charge is 0.395 e. The summed E-state index contributed by atoms with van der Waals surface area (Å²) in [5.41, 5.74) is -1.15. The van der Waals surface area contributed by atoms with Gasteiger partial charge in [-0.2, -0.15) is 13.2 Å². The van der Waals surface area contributed by atoms with Crippen LogP contribution in [-0.4, -0.2) is 35.7 Å². The zero-order valence-electron chi connectivity index (χ0n) is 11.4. The average molecular weight is 302 g/mol. The number of anilines is 1. The minimum Gasteiger partial charge on any atom is -0.395 e. The summed E-state index contributed by atoms with van der Waals surface area (Å²) in [4.78, 5) is 13.4. The standard InChI is InChI=1S/C14H17F3N2O2/c15-14(16,17)11-3-1-2-4-12(11)18-13(21)19(7-8-20)9-10-5-6-10/h1-4,10,20H,5-9H2,(H,18,21). The molecule has 0 aromatic heterocycles. The molecule has 116 valence electrons. The average Bonchev–Trinajstić information content (AvgIpc) is 3.21. The van der Waals surface area contributed by atoms with E-state index in [9.17, 15) is 18.0 Å². The van der Waals surface area contributed by atoms with Crippen molar-refractivity contribution < 1.29 is 23.1 Å². The number of halogens is 3. The van der Waals surface area contributed by atoms with Gasteiger partial charge in [0.25, 0.3) is 0 Å².